The maximum Gasteiger partial charge on any atom is 0.567 e. The smallest absolute Gasteiger partial charge is 0.148 e. The Morgan fingerprint density at radius 1 is 0.778 bits per heavy atom. The second-order valence-electron chi connectivity index (χ2n) is 6.93. The summed E-state index contributed by atoms with van der Waals surface area (Å²) in [6.07, 6.45) is 2.00. The molecule has 0 radical (unpaired) electrons. The lowest BCUT2D eigenvalue weighted by atomic mass is 10.0. The maximum absolute atomic E-state index is 13.3. The molecule has 4 rings (SSSR count). The standard InChI is InChI=1S/C23H24N2OP/c26-27-24(18-21-12-6-2-7-13-21)23(17-16-20-10-4-1-5-11-20)19-25(27)22-14-8-3-9-15-22/h1-15,23H,16-19H2/q+1/t23-/m0/s1. The van der Waals surface area contributed by atoms with Crippen LogP contribution < -0.4 is 4.67 Å². The Labute approximate surface area is 162 Å². The van der Waals surface area contributed by atoms with Gasteiger partial charge in [0.15, 0.2) is 0 Å². The van der Waals surface area contributed by atoms with Crippen molar-refractivity contribution in [3.8, 4) is 0 Å². The second kappa shape index (κ2) is 8.47. The minimum absolute atomic E-state index is 0.272. The molecule has 0 aromatic heterocycles. The van der Waals surface area contributed by atoms with E-state index < -0.39 is 8.10 Å². The van der Waals surface area contributed by atoms with Gasteiger partial charge in [0, 0.05) is 0 Å². The predicted molar refractivity (Wildman–Crippen MR) is 112 cm³/mol. The third-order valence-electron chi connectivity index (χ3n) is 5.08. The van der Waals surface area contributed by atoms with Crippen LogP contribution in [0.3, 0.4) is 0 Å². The number of hydrogen-bond donors (Lipinski definition) is 0. The van der Waals surface area contributed by atoms with E-state index in [0.717, 1.165) is 31.6 Å². The summed E-state index contributed by atoms with van der Waals surface area (Å²) < 4.78 is 17.6. The third-order valence-corrected chi connectivity index (χ3v) is 6.80. The van der Waals surface area contributed by atoms with Gasteiger partial charge in [0.25, 0.3) is 0 Å². The minimum atomic E-state index is -1.59. The summed E-state index contributed by atoms with van der Waals surface area (Å²) in [5.74, 6) is 0. The van der Waals surface area contributed by atoms with E-state index in [9.17, 15) is 4.57 Å². The summed E-state index contributed by atoms with van der Waals surface area (Å²) in [6.45, 7) is 1.53. The van der Waals surface area contributed by atoms with E-state index in [1.54, 1.807) is 0 Å². The fraction of sp³-hybridized carbons (Fsp3) is 0.217. The fourth-order valence-corrected chi connectivity index (χ4v) is 5.31. The Balaban J connectivity index is 1.54. The largest absolute Gasteiger partial charge is 0.567 e. The molecule has 2 atom stereocenters. The molecule has 0 spiro atoms. The van der Waals surface area contributed by atoms with Crippen LogP contribution in [0.25, 0.3) is 0 Å². The molecule has 4 heteroatoms. The van der Waals surface area contributed by atoms with E-state index in [2.05, 4.69) is 51.8 Å². The van der Waals surface area contributed by atoms with Crippen molar-refractivity contribution in [1.82, 2.24) is 4.67 Å². The Hall–Kier alpha value is -2.48. The lowest BCUT2D eigenvalue weighted by Crippen LogP contribution is -2.28. The molecule has 1 aliphatic heterocycles. The van der Waals surface area contributed by atoms with Crippen LogP contribution in [-0.2, 0) is 17.5 Å². The molecule has 27 heavy (non-hydrogen) atoms. The van der Waals surface area contributed by atoms with Gasteiger partial charge in [-0.25, -0.2) is 0 Å². The van der Waals surface area contributed by atoms with Gasteiger partial charge in [-0.1, -0.05) is 83.5 Å². The van der Waals surface area contributed by atoms with E-state index in [1.807, 2.05) is 48.5 Å². The quantitative estimate of drug-likeness (QED) is 0.519. The van der Waals surface area contributed by atoms with Crippen molar-refractivity contribution in [2.24, 2.45) is 0 Å². The molecule has 3 aromatic rings. The molecule has 1 unspecified atom stereocenters. The van der Waals surface area contributed by atoms with E-state index in [1.165, 1.54) is 11.1 Å². The molecule has 0 bridgehead atoms. The van der Waals surface area contributed by atoms with Crippen LogP contribution >= 0.6 is 8.10 Å². The molecule has 1 aliphatic rings. The van der Waals surface area contributed by atoms with Crippen LogP contribution in [0, 0.1) is 0 Å². The Bertz CT molecular complexity index is 871. The van der Waals surface area contributed by atoms with E-state index in [4.69, 9.17) is 0 Å². The van der Waals surface area contributed by atoms with Crippen molar-refractivity contribution in [1.29, 1.82) is 0 Å². The zero-order valence-corrected chi connectivity index (χ0v) is 16.2. The molecule has 0 N–H and O–H groups in total. The first-order valence-corrected chi connectivity index (χ1v) is 10.6. The predicted octanol–water partition coefficient (Wildman–Crippen LogP) is 5.67. The average Bonchev–Trinajstić information content (AvgIpc) is 3.04. The zero-order valence-electron chi connectivity index (χ0n) is 15.3. The van der Waals surface area contributed by atoms with Crippen LogP contribution in [0.1, 0.15) is 17.5 Å². The van der Waals surface area contributed by atoms with Gasteiger partial charge in [-0.2, -0.15) is 0 Å². The number of hydrogen-bond acceptors (Lipinski definition) is 1. The summed E-state index contributed by atoms with van der Waals surface area (Å²) in [4.78, 5) is 0. The van der Waals surface area contributed by atoms with Crippen molar-refractivity contribution in [2.75, 3.05) is 11.2 Å². The van der Waals surface area contributed by atoms with Crippen molar-refractivity contribution in [3.05, 3.63) is 102 Å². The van der Waals surface area contributed by atoms with Crippen LogP contribution in [0.15, 0.2) is 91.0 Å². The van der Waals surface area contributed by atoms with Crippen molar-refractivity contribution >= 4 is 13.8 Å². The first kappa shape index (κ1) is 17.9. The molecule has 0 amide bonds. The maximum atomic E-state index is 13.3. The van der Waals surface area contributed by atoms with Crippen molar-refractivity contribution in [2.45, 2.75) is 25.4 Å². The molecule has 1 heterocycles. The van der Waals surface area contributed by atoms with Crippen LogP contribution in [0.5, 0.6) is 0 Å². The highest BCUT2D eigenvalue weighted by molar-refractivity contribution is 7.44. The van der Waals surface area contributed by atoms with Crippen molar-refractivity contribution in [3.63, 3.8) is 0 Å². The monoisotopic (exact) mass is 375 g/mol. The Morgan fingerprint density at radius 2 is 1.33 bits per heavy atom. The van der Waals surface area contributed by atoms with Gasteiger partial charge < -0.3 is 0 Å². The van der Waals surface area contributed by atoms with E-state index in [0.29, 0.717) is 0 Å². The van der Waals surface area contributed by atoms with E-state index in [-0.39, 0.29) is 6.04 Å². The third kappa shape index (κ3) is 4.27. The Kier molecular flexibility index (Phi) is 5.62. The van der Waals surface area contributed by atoms with Gasteiger partial charge in [-0.3, -0.25) is 0 Å². The highest BCUT2D eigenvalue weighted by Crippen LogP contribution is 2.46. The van der Waals surface area contributed by atoms with Crippen LogP contribution in [0.2, 0.25) is 0 Å². The summed E-state index contributed by atoms with van der Waals surface area (Å²) in [6, 6.07) is 31.3. The average molecular weight is 375 g/mol. The lowest BCUT2D eigenvalue weighted by Gasteiger charge is -2.14. The molecule has 3 aromatic carbocycles. The summed E-state index contributed by atoms with van der Waals surface area (Å²) >= 11 is 0. The van der Waals surface area contributed by atoms with E-state index >= 15 is 0 Å². The molecule has 1 saturated heterocycles. The molecule has 1 fully saturated rings. The highest BCUT2D eigenvalue weighted by atomic mass is 31.1. The van der Waals surface area contributed by atoms with Crippen LogP contribution in [-0.4, -0.2) is 17.3 Å². The molecular formula is C23H24N2OP+. The van der Waals surface area contributed by atoms with Gasteiger partial charge in [-0.05, 0) is 40.7 Å². The number of aryl methyl sites for hydroxylation is 1. The molecule has 0 saturated carbocycles. The first-order valence-electron chi connectivity index (χ1n) is 9.45. The molecule has 0 aliphatic carbocycles. The van der Waals surface area contributed by atoms with Crippen molar-refractivity contribution < 1.29 is 4.57 Å². The van der Waals surface area contributed by atoms with Gasteiger partial charge in [0.05, 0.1) is 24.8 Å². The first-order chi connectivity index (χ1) is 13.3. The highest BCUT2D eigenvalue weighted by Gasteiger charge is 2.49. The lowest BCUT2D eigenvalue weighted by molar-refractivity contribution is 0.338. The minimum Gasteiger partial charge on any atom is -0.148 e. The number of anilines is 1. The number of benzene rings is 3. The number of para-hydroxylation sites is 1. The zero-order chi connectivity index (χ0) is 18.5. The fourth-order valence-electron chi connectivity index (χ4n) is 3.62. The Morgan fingerprint density at radius 3 is 1.96 bits per heavy atom. The number of nitrogens with zero attached hydrogens (tertiary/aromatic N) is 2. The molecule has 136 valence electrons. The van der Waals surface area contributed by atoms with Gasteiger partial charge in [0.2, 0.25) is 0 Å². The summed E-state index contributed by atoms with van der Waals surface area (Å²) in [5.41, 5.74) is 3.59. The molecular weight excluding hydrogens is 351 g/mol. The van der Waals surface area contributed by atoms with Crippen LogP contribution in [0.4, 0.5) is 5.69 Å². The number of rotatable bonds is 6. The SMILES string of the molecule is O=[P+]1N(c2ccccc2)C[C@H](CCc2ccccc2)N1Cc1ccccc1. The molecule has 3 nitrogen and oxygen atoms in total. The topological polar surface area (TPSA) is 23.6 Å². The van der Waals surface area contributed by atoms with Gasteiger partial charge >= 0.3 is 8.10 Å². The second-order valence-corrected chi connectivity index (χ2v) is 8.43. The normalized spacial score (nSPS) is 18.7. The van der Waals surface area contributed by atoms with Gasteiger partial charge in [-0.15, -0.1) is 4.67 Å². The van der Waals surface area contributed by atoms with Gasteiger partial charge in [0.1, 0.15) is 0 Å². The summed E-state index contributed by atoms with van der Waals surface area (Å²) in [5, 5.41) is 0. The summed E-state index contributed by atoms with van der Waals surface area (Å²) in [7, 11) is -1.59.